The number of hydrogen-bond acceptors (Lipinski definition) is 3. The van der Waals surface area contributed by atoms with Crippen molar-refractivity contribution in [1.29, 1.82) is 0 Å². The normalized spacial score (nSPS) is 12.1. The van der Waals surface area contributed by atoms with Crippen LogP contribution in [-0.4, -0.2) is 15.5 Å². The summed E-state index contributed by atoms with van der Waals surface area (Å²) in [6.07, 6.45) is 9.31. The minimum Gasteiger partial charge on any atom is -0.455 e. The second-order valence-corrected chi connectivity index (χ2v) is 6.56. The standard InChI is InChI=1S/C18H22Cl2N2O2/c1-2-3-4-5-6-18(23)24-17(12-22-10-9-21-13-22)15-8-7-14(19)11-16(15)20/h7-11,13,17H,2-6,12H2,1H3. The quantitative estimate of drug-likeness (QED) is 0.436. The van der Waals surface area contributed by atoms with Gasteiger partial charge in [0.25, 0.3) is 0 Å². The molecular formula is C18H22Cl2N2O2. The van der Waals surface area contributed by atoms with Gasteiger partial charge in [0.2, 0.25) is 0 Å². The Morgan fingerprint density at radius 1 is 1.29 bits per heavy atom. The summed E-state index contributed by atoms with van der Waals surface area (Å²) in [6.45, 7) is 2.60. The van der Waals surface area contributed by atoms with E-state index < -0.39 is 6.10 Å². The van der Waals surface area contributed by atoms with Crippen LogP contribution in [0.2, 0.25) is 10.0 Å². The lowest BCUT2D eigenvalue weighted by Crippen LogP contribution is -2.16. The zero-order valence-corrected chi connectivity index (χ0v) is 15.3. The molecule has 0 fully saturated rings. The van der Waals surface area contributed by atoms with E-state index in [-0.39, 0.29) is 5.97 Å². The number of esters is 1. The number of halogens is 2. The third kappa shape index (κ3) is 5.84. The molecule has 2 aromatic rings. The number of rotatable bonds is 9. The summed E-state index contributed by atoms with van der Waals surface area (Å²) >= 11 is 12.3. The van der Waals surface area contributed by atoms with E-state index in [1.54, 1.807) is 30.7 Å². The zero-order chi connectivity index (χ0) is 17.4. The van der Waals surface area contributed by atoms with Gasteiger partial charge in [0, 0.05) is 34.4 Å². The Morgan fingerprint density at radius 2 is 2.12 bits per heavy atom. The van der Waals surface area contributed by atoms with Crippen LogP contribution in [0.3, 0.4) is 0 Å². The third-order valence-electron chi connectivity index (χ3n) is 3.75. The first-order valence-electron chi connectivity index (χ1n) is 8.20. The fraction of sp³-hybridized carbons (Fsp3) is 0.444. The third-order valence-corrected chi connectivity index (χ3v) is 4.32. The van der Waals surface area contributed by atoms with E-state index in [0.29, 0.717) is 23.0 Å². The van der Waals surface area contributed by atoms with Crippen molar-refractivity contribution < 1.29 is 9.53 Å². The molecule has 1 aromatic heterocycles. The molecule has 130 valence electrons. The van der Waals surface area contributed by atoms with Gasteiger partial charge in [-0.15, -0.1) is 0 Å². The minimum absolute atomic E-state index is 0.206. The van der Waals surface area contributed by atoms with Gasteiger partial charge < -0.3 is 9.30 Å². The van der Waals surface area contributed by atoms with Crippen molar-refractivity contribution in [2.45, 2.75) is 51.7 Å². The average Bonchev–Trinajstić information content (AvgIpc) is 3.04. The van der Waals surface area contributed by atoms with Crippen molar-refractivity contribution >= 4 is 29.2 Å². The largest absolute Gasteiger partial charge is 0.455 e. The summed E-state index contributed by atoms with van der Waals surface area (Å²) in [5, 5.41) is 1.04. The van der Waals surface area contributed by atoms with Crippen LogP contribution in [0, 0.1) is 0 Å². The Kier molecular flexibility index (Phi) is 7.60. The second-order valence-electron chi connectivity index (χ2n) is 5.71. The van der Waals surface area contributed by atoms with Crippen LogP contribution in [0.25, 0.3) is 0 Å². The predicted octanol–water partition coefficient (Wildman–Crippen LogP) is 5.44. The van der Waals surface area contributed by atoms with Crippen molar-refractivity contribution in [2.24, 2.45) is 0 Å². The predicted molar refractivity (Wildman–Crippen MR) is 96.3 cm³/mol. The molecule has 24 heavy (non-hydrogen) atoms. The van der Waals surface area contributed by atoms with Gasteiger partial charge in [0.15, 0.2) is 0 Å². The van der Waals surface area contributed by atoms with Gasteiger partial charge in [-0.25, -0.2) is 4.98 Å². The van der Waals surface area contributed by atoms with E-state index in [1.165, 1.54) is 0 Å². The maximum Gasteiger partial charge on any atom is 0.306 e. The van der Waals surface area contributed by atoms with Gasteiger partial charge >= 0.3 is 5.97 Å². The molecule has 0 aliphatic heterocycles. The van der Waals surface area contributed by atoms with Crippen LogP contribution < -0.4 is 0 Å². The lowest BCUT2D eigenvalue weighted by molar-refractivity contribution is -0.150. The van der Waals surface area contributed by atoms with Crippen LogP contribution in [-0.2, 0) is 16.1 Å². The number of ether oxygens (including phenoxy) is 1. The molecule has 0 saturated carbocycles. The SMILES string of the molecule is CCCCCCC(=O)OC(Cn1ccnc1)c1ccc(Cl)cc1Cl. The van der Waals surface area contributed by atoms with Crippen molar-refractivity contribution in [3.8, 4) is 0 Å². The lowest BCUT2D eigenvalue weighted by atomic mass is 10.1. The summed E-state index contributed by atoms with van der Waals surface area (Å²) in [4.78, 5) is 16.2. The summed E-state index contributed by atoms with van der Waals surface area (Å²) in [5.74, 6) is -0.206. The Balaban J connectivity index is 2.06. The van der Waals surface area contributed by atoms with Crippen LogP contribution in [0.1, 0.15) is 50.7 Å². The molecule has 0 aliphatic rings. The number of nitrogens with zero attached hydrogens (tertiary/aromatic N) is 2. The summed E-state index contributed by atoms with van der Waals surface area (Å²) in [5.41, 5.74) is 0.747. The highest BCUT2D eigenvalue weighted by atomic mass is 35.5. The highest BCUT2D eigenvalue weighted by molar-refractivity contribution is 6.35. The Morgan fingerprint density at radius 3 is 2.79 bits per heavy atom. The van der Waals surface area contributed by atoms with Gasteiger partial charge in [-0.1, -0.05) is 55.5 Å². The van der Waals surface area contributed by atoms with Gasteiger partial charge in [0.1, 0.15) is 6.10 Å². The van der Waals surface area contributed by atoms with Crippen LogP contribution in [0.5, 0.6) is 0 Å². The highest BCUT2D eigenvalue weighted by Gasteiger charge is 2.20. The monoisotopic (exact) mass is 368 g/mol. The maximum absolute atomic E-state index is 12.2. The number of hydrogen-bond donors (Lipinski definition) is 0. The van der Waals surface area contributed by atoms with Crippen LogP contribution >= 0.6 is 23.2 Å². The molecule has 0 spiro atoms. The molecule has 2 rings (SSSR count). The zero-order valence-electron chi connectivity index (χ0n) is 13.8. The Bertz CT molecular complexity index is 644. The number of imidazole rings is 1. The highest BCUT2D eigenvalue weighted by Crippen LogP contribution is 2.30. The second kappa shape index (κ2) is 9.70. The van der Waals surface area contributed by atoms with Crippen molar-refractivity contribution in [1.82, 2.24) is 9.55 Å². The lowest BCUT2D eigenvalue weighted by Gasteiger charge is -2.20. The van der Waals surface area contributed by atoms with Crippen molar-refractivity contribution in [3.05, 3.63) is 52.5 Å². The van der Waals surface area contributed by atoms with E-state index >= 15 is 0 Å². The number of carbonyl (C=O) groups is 1. The number of unbranched alkanes of at least 4 members (excludes halogenated alkanes) is 3. The number of aromatic nitrogens is 2. The van der Waals surface area contributed by atoms with E-state index in [0.717, 1.165) is 31.2 Å². The van der Waals surface area contributed by atoms with E-state index in [9.17, 15) is 4.79 Å². The topological polar surface area (TPSA) is 44.1 Å². The van der Waals surface area contributed by atoms with Gasteiger partial charge in [-0.3, -0.25) is 4.79 Å². The van der Waals surface area contributed by atoms with E-state index in [1.807, 2.05) is 10.8 Å². The molecule has 1 heterocycles. The van der Waals surface area contributed by atoms with Gasteiger partial charge in [-0.2, -0.15) is 0 Å². The molecule has 0 aliphatic carbocycles. The Labute approximate surface area is 152 Å². The summed E-state index contributed by atoms with van der Waals surface area (Å²) in [6, 6.07) is 5.21. The smallest absolute Gasteiger partial charge is 0.306 e. The molecule has 0 N–H and O–H groups in total. The fourth-order valence-corrected chi connectivity index (χ4v) is 2.99. The molecule has 0 amide bonds. The fourth-order valence-electron chi connectivity index (χ4n) is 2.46. The molecule has 1 aromatic carbocycles. The number of benzene rings is 1. The average molecular weight is 369 g/mol. The molecule has 1 unspecified atom stereocenters. The minimum atomic E-state index is -0.470. The molecule has 0 bridgehead atoms. The summed E-state index contributed by atoms with van der Waals surface area (Å²) in [7, 11) is 0. The van der Waals surface area contributed by atoms with Crippen molar-refractivity contribution in [3.63, 3.8) is 0 Å². The maximum atomic E-state index is 12.2. The van der Waals surface area contributed by atoms with E-state index in [4.69, 9.17) is 27.9 Å². The molecule has 6 heteroatoms. The van der Waals surface area contributed by atoms with Crippen LogP contribution in [0.15, 0.2) is 36.9 Å². The molecule has 0 saturated heterocycles. The molecule has 0 radical (unpaired) electrons. The summed E-state index contributed by atoms with van der Waals surface area (Å²) < 4.78 is 7.56. The number of carbonyl (C=O) groups excluding carboxylic acids is 1. The first kappa shape index (κ1) is 18.8. The first-order chi connectivity index (χ1) is 11.6. The molecule has 1 atom stereocenters. The van der Waals surface area contributed by atoms with Crippen LogP contribution in [0.4, 0.5) is 0 Å². The van der Waals surface area contributed by atoms with Gasteiger partial charge in [-0.05, 0) is 18.6 Å². The molecule has 4 nitrogen and oxygen atoms in total. The van der Waals surface area contributed by atoms with E-state index in [2.05, 4.69) is 11.9 Å². The first-order valence-corrected chi connectivity index (χ1v) is 8.96. The Hall–Kier alpha value is -1.52. The molecular weight excluding hydrogens is 347 g/mol. The van der Waals surface area contributed by atoms with Crippen molar-refractivity contribution in [2.75, 3.05) is 0 Å². The van der Waals surface area contributed by atoms with Gasteiger partial charge in [0.05, 0.1) is 12.9 Å².